The van der Waals surface area contributed by atoms with Gasteiger partial charge in [-0.1, -0.05) is 122 Å². The molecule has 4 aromatic carbocycles. The minimum atomic E-state index is -0.672. The van der Waals surface area contributed by atoms with Crippen LogP contribution in [0.15, 0.2) is 148 Å². The van der Waals surface area contributed by atoms with E-state index >= 15 is 0 Å². The molecule has 0 aliphatic carbocycles. The highest BCUT2D eigenvalue weighted by Crippen LogP contribution is 2.37. The normalized spacial score (nSPS) is 15.9. The number of aromatic nitrogens is 19. The van der Waals surface area contributed by atoms with Gasteiger partial charge in [0.25, 0.3) is 41.4 Å². The summed E-state index contributed by atoms with van der Waals surface area (Å²) < 4.78 is 54.6. The summed E-state index contributed by atoms with van der Waals surface area (Å²) in [5, 5.41) is 39.9. The van der Waals surface area contributed by atoms with E-state index < -0.39 is 22.2 Å². The molecule has 5 aliphatic rings. The molecule has 8 amide bonds. The van der Waals surface area contributed by atoms with Gasteiger partial charge in [0.15, 0.2) is 22.6 Å². The Morgan fingerprint density at radius 3 is 0.980 bits per heavy atom. The summed E-state index contributed by atoms with van der Waals surface area (Å²) in [5.41, 5.74) is 14.6. The van der Waals surface area contributed by atoms with E-state index in [0.717, 1.165) is 39.2 Å². The topological polar surface area (TPSA) is 417 Å². The molecule has 0 bridgehead atoms. The third-order valence-electron chi connectivity index (χ3n) is 27.8. The van der Waals surface area contributed by atoms with Crippen molar-refractivity contribution in [3.8, 4) is 45.0 Å². The van der Waals surface area contributed by atoms with Gasteiger partial charge in [-0.25, -0.2) is 61.1 Å². The summed E-state index contributed by atoms with van der Waals surface area (Å²) in [6, 6.07) is 32.9. The summed E-state index contributed by atoms with van der Waals surface area (Å²) in [6.07, 6.45) is 8.21. The predicted octanol–water partition coefficient (Wildman–Crippen LogP) is 15.6. The summed E-state index contributed by atoms with van der Waals surface area (Å²) in [7, 11) is 0. The van der Waals surface area contributed by atoms with Gasteiger partial charge in [-0.15, -0.1) is 15.3 Å². The van der Waals surface area contributed by atoms with E-state index in [1.54, 1.807) is 147 Å². The molecule has 11 aromatic heterocycles. The molecule has 4 fully saturated rings. The number of amides is 8. The first-order valence-electron chi connectivity index (χ1n) is 50.2. The van der Waals surface area contributed by atoms with Gasteiger partial charge in [-0.3, -0.25) is 53.5 Å². The van der Waals surface area contributed by atoms with Gasteiger partial charge >= 0.3 is 11.8 Å². The monoisotopic (exact) mass is 2040 g/mol. The van der Waals surface area contributed by atoms with Crippen LogP contribution in [-0.2, 0) is 4.79 Å². The van der Waals surface area contributed by atoms with E-state index in [0.29, 0.717) is 181 Å². The van der Waals surface area contributed by atoms with Crippen LogP contribution in [0.5, 0.6) is 0 Å². The van der Waals surface area contributed by atoms with Crippen molar-refractivity contribution in [3.05, 3.63) is 254 Å². The number of rotatable bonds is 16. The Labute approximate surface area is 865 Å². The van der Waals surface area contributed by atoms with Crippen LogP contribution in [0, 0.1) is 65.9 Å². The van der Waals surface area contributed by atoms with Gasteiger partial charge in [-0.2, -0.15) is 25.5 Å². The smallest absolute Gasteiger partial charge is 0.311 e. The van der Waals surface area contributed by atoms with Gasteiger partial charge in [0.05, 0.1) is 76.3 Å². The molecule has 0 spiro atoms. The van der Waals surface area contributed by atoms with E-state index in [2.05, 4.69) is 127 Å². The van der Waals surface area contributed by atoms with Crippen LogP contribution in [0.2, 0.25) is 0 Å². The molecule has 2 N–H and O–H groups in total. The zero-order chi connectivity index (χ0) is 108. The van der Waals surface area contributed by atoms with Crippen LogP contribution in [0.3, 0.4) is 0 Å². The molecule has 16 heterocycles. The number of nitrogens with zero attached hydrogens (tertiary/aromatic N) is 27. The lowest BCUT2D eigenvalue weighted by atomic mass is 9.98. The van der Waals surface area contributed by atoms with Crippen molar-refractivity contribution in [2.75, 3.05) is 85.1 Å². The number of halogens is 3. The first kappa shape index (κ1) is 105. The molecule has 38 nitrogen and oxygen atoms in total. The Bertz CT molecular complexity index is 7650. The minimum Gasteiger partial charge on any atom is -0.417 e. The first-order chi connectivity index (χ1) is 71.0. The molecule has 0 unspecified atom stereocenters. The van der Waals surface area contributed by atoms with E-state index in [9.17, 15) is 51.5 Å². The van der Waals surface area contributed by atoms with Crippen LogP contribution in [-0.4, -0.2) is 300 Å². The van der Waals surface area contributed by atoms with Crippen molar-refractivity contribution < 1.29 is 55.9 Å². The second-order valence-electron chi connectivity index (χ2n) is 42.7. The van der Waals surface area contributed by atoms with Crippen molar-refractivity contribution in [1.29, 1.82) is 0 Å². The zero-order valence-electron chi connectivity index (χ0n) is 88.7. The summed E-state index contributed by atoms with van der Waals surface area (Å²) in [6.45, 7) is 49.1. The molecular formula is C109H124F3N29O9. The van der Waals surface area contributed by atoms with Crippen molar-refractivity contribution >= 4 is 81.9 Å². The number of aliphatic imine (C=N–C) groups is 2. The van der Waals surface area contributed by atoms with Crippen molar-refractivity contribution in [3.63, 3.8) is 0 Å². The Morgan fingerprint density at radius 2 is 0.687 bits per heavy atom. The highest BCUT2D eigenvalue weighted by atomic mass is 19.1. The Hall–Kier alpha value is -16.3. The molecule has 15 aromatic rings. The average molecular weight is 2040 g/mol. The maximum absolute atomic E-state index is 14.3. The largest absolute Gasteiger partial charge is 0.417 e. The second-order valence-corrected chi connectivity index (χ2v) is 42.7. The lowest BCUT2D eigenvalue weighted by Gasteiger charge is -2.46. The van der Waals surface area contributed by atoms with Gasteiger partial charge in [0.1, 0.15) is 51.7 Å². The quantitative estimate of drug-likeness (QED) is 0.0907. The van der Waals surface area contributed by atoms with E-state index in [-0.39, 0.29) is 123 Å². The van der Waals surface area contributed by atoms with Gasteiger partial charge in [-0.05, 0) is 186 Å². The van der Waals surface area contributed by atoms with Crippen LogP contribution >= 0.6 is 0 Å². The molecule has 4 saturated heterocycles. The van der Waals surface area contributed by atoms with Crippen molar-refractivity contribution in [2.45, 2.75) is 205 Å². The number of fused-ring (bicyclic) bond motifs is 4. The number of hydrogen-bond donors (Lipinski definition) is 2. The highest BCUT2D eigenvalue weighted by molar-refractivity contribution is 6.40. The fourth-order valence-electron chi connectivity index (χ4n) is 19.4. The highest BCUT2D eigenvalue weighted by Gasteiger charge is 2.46. The molecule has 0 atom stereocenters. The number of aromatic amines is 2. The van der Waals surface area contributed by atoms with E-state index in [4.69, 9.17) is 14.5 Å². The van der Waals surface area contributed by atoms with E-state index in [1.807, 2.05) is 140 Å². The minimum absolute atomic E-state index is 0.0602. The van der Waals surface area contributed by atoms with Crippen molar-refractivity contribution in [2.24, 2.45) is 9.98 Å². The van der Waals surface area contributed by atoms with E-state index in [1.165, 1.54) is 23.8 Å². The lowest BCUT2D eigenvalue weighted by molar-refractivity contribution is -0.128. The van der Waals surface area contributed by atoms with Gasteiger partial charge < -0.3 is 43.6 Å². The molecule has 0 saturated carbocycles. The second kappa shape index (κ2) is 41.5. The number of carbonyl (C=O) groups is 8. The summed E-state index contributed by atoms with van der Waals surface area (Å²) >= 11 is 0. The molecule has 150 heavy (non-hydrogen) atoms. The van der Waals surface area contributed by atoms with Crippen LogP contribution in [0.1, 0.15) is 270 Å². The fraction of sp³-hybridized carbons (Fsp3) is 0.404. The van der Waals surface area contributed by atoms with Crippen molar-refractivity contribution in [1.82, 2.24) is 133 Å². The Kier molecular flexibility index (Phi) is 29.0. The van der Waals surface area contributed by atoms with Crippen LogP contribution in [0.4, 0.5) is 13.2 Å². The predicted molar refractivity (Wildman–Crippen MR) is 558 cm³/mol. The third kappa shape index (κ3) is 21.6. The van der Waals surface area contributed by atoms with Gasteiger partial charge in [0, 0.05) is 142 Å². The average Bonchev–Trinajstić information content (AvgIpc) is 1.64. The number of nitrogens with one attached hydrogen (secondary N) is 2. The lowest BCUT2D eigenvalue weighted by Crippen LogP contribution is -2.62. The first-order valence-corrected chi connectivity index (χ1v) is 50.2. The molecular weight excluding hydrogens is 1920 g/mol. The number of aryl methyl sites for hydroxylation is 7. The number of benzene rings is 4. The molecule has 780 valence electrons. The fourth-order valence-corrected chi connectivity index (χ4v) is 19.4. The standard InChI is InChI=1S/C28H32FN7O2.C27H30FN7O3.C27H30FN7O2.C27H32N8O2/c1-16(2)20-13-22(19-8-7-17(3)21(29)12-19)33-36-14-24(30-25(20)36)27(38)35-10-9-34(15-28(35,5)6)26(37)23-11-18(4)31-32-23;1-15(2)19-12-21(18-8-7-16(3)20(28)11-18)32-35-13-22(29-23(19)35)25(36)34-10-9-33(14-27(34,5)6)26(37)24-31-30-17(4)38-24;1-16(2)19-13-21(18-7-6-17(3)20(28)12-18)32-35-14-22(31-24(19)35)25(36)34-11-10-33(15-27(34,4)5)26(37)23-29-8-9-30-23;1-16(2)20-13-21(19-9-7-17(3)8-10-19)32-35-14-22(29-24(20)35)25(36)34-12-11-33(15-27(34,5)6)26(37)23-28-18(4)30-31-23/h7-8,11-14,16H,9-10,15H2,1-6H3,(H,31,32);7-8,11-13,15H,9-10,14H2,1-6H3;6-8,12-14,16H,9-11,15H2,1-5H3;7-10,13-14,16H,11-12,15H2,1-6H3,(H,28,30,31). The Balaban J connectivity index is 0.000000136. The summed E-state index contributed by atoms with van der Waals surface area (Å²) in [4.78, 5) is 151. The number of H-pyrrole nitrogens is 2. The van der Waals surface area contributed by atoms with Crippen LogP contribution in [0.25, 0.3) is 67.6 Å². The number of hydrogen-bond acceptors (Lipinski definition) is 24. The molecule has 41 heteroatoms. The zero-order valence-corrected chi connectivity index (χ0v) is 88.7. The third-order valence-corrected chi connectivity index (χ3v) is 27.8. The number of imidazole rings is 4. The maximum atomic E-state index is 14.3. The SMILES string of the molecule is Cc1cc(C(=O)N2CCN(C(=O)c3cn4nc(-c5ccc(C)c(F)c5)cc(C(C)C)c4n3)C(C)(C)C2)n[nH]1.Cc1ccc(-c2cc(C(C)C)c3nc(C(=O)N4CCN(C(=O)C5=NCC=N5)CC4(C)C)cn3n2)cc1F.Cc1ccc(-c2cc(C(C)C)c3nc(C(=O)N4CCN(C(=O)c5n[nH]c(C)n5)CC4(C)C)cn3n2)cc1.Cc1nnc(C(=O)N2CCN(C(=O)c3cn4nc(-c5ccc(C)c(F)c5)cc(C(C)C)c4n3)C(C)(C)C2)o1. The maximum Gasteiger partial charge on any atom is 0.311 e. The molecule has 20 rings (SSSR count). The summed E-state index contributed by atoms with van der Waals surface area (Å²) in [5.74, 6) is -1.02. The van der Waals surface area contributed by atoms with Crippen LogP contribution < -0.4 is 0 Å². The molecule has 5 aliphatic heterocycles. The van der Waals surface area contributed by atoms with Gasteiger partial charge in [0.2, 0.25) is 17.6 Å². The molecule has 0 radical (unpaired) electrons. The number of carbonyl (C=O) groups excluding carboxylic acids is 8. The Morgan fingerprint density at radius 1 is 0.353 bits per heavy atom. The number of amidine groups is 1. The number of piperazine rings is 4.